The quantitative estimate of drug-likeness (QED) is 0.389. The molecule has 0 bridgehead atoms. The van der Waals surface area contributed by atoms with Gasteiger partial charge in [0.2, 0.25) is 0 Å². The Morgan fingerprint density at radius 3 is 2.52 bits per heavy atom. The molecule has 0 saturated heterocycles. The van der Waals surface area contributed by atoms with Gasteiger partial charge >= 0.3 is 0 Å². The molecule has 0 aliphatic rings. The number of methoxy groups -OCH3 is 2. The van der Waals surface area contributed by atoms with Gasteiger partial charge in [0.1, 0.15) is 6.07 Å². The van der Waals surface area contributed by atoms with Gasteiger partial charge in [-0.15, -0.1) is 0 Å². The van der Waals surface area contributed by atoms with Crippen LogP contribution < -0.4 is 9.47 Å². The fourth-order valence-corrected chi connectivity index (χ4v) is 2.85. The third-order valence-electron chi connectivity index (χ3n) is 4.18. The molecule has 0 N–H and O–H groups in total. The Bertz CT molecular complexity index is 1110. The lowest BCUT2D eigenvalue weighted by Crippen LogP contribution is -1.99. The Balaban J connectivity index is 2.22. The molecule has 2 aromatic carbocycles. The highest BCUT2D eigenvalue weighted by Crippen LogP contribution is 2.36. The van der Waals surface area contributed by atoms with E-state index in [-0.39, 0.29) is 22.6 Å². The summed E-state index contributed by atoms with van der Waals surface area (Å²) in [5, 5.41) is 21.1. The maximum absolute atomic E-state index is 11.5. The van der Waals surface area contributed by atoms with Crippen molar-refractivity contribution in [2.24, 2.45) is 7.05 Å². The van der Waals surface area contributed by atoms with Crippen molar-refractivity contribution in [3.63, 3.8) is 0 Å². The number of imidazole rings is 1. The summed E-state index contributed by atoms with van der Waals surface area (Å²) < 4.78 is 12.1. The number of aromatic nitrogens is 2. The highest BCUT2D eigenvalue weighted by molar-refractivity contribution is 5.92. The van der Waals surface area contributed by atoms with E-state index >= 15 is 0 Å². The van der Waals surface area contributed by atoms with E-state index in [1.165, 1.54) is 32.4 Å². The van der Waals surface area contributed by atoms with E-state index in [9.17, 15) is 15.4 Å². The van der Waals surface area contributed by atoms with Crippen LogP contribution in [0, 0.1) is 21.4 Å². The molecule has 136 valence electrons. The van der Waals surface area contributed by atoms with Crippen molar-refractivity contribution >= 4 is 28.4 Å². The molecule has 27 heavy (non-hydrogen) atoms. The van der Waals surface area contributed by atoms with E-state index in [2.05, 4.69) is 11.1 Å². The summed E-state index contributed by atoms with van der Waals surface area (Å²) in [4.78, 5) is 15.4. The zero-order valence-corrected chi connectivity index (χ0v) is 15.0. The average molecular weight is 364 g/mol. The number of hydrogen-bond donors (Lipinski definition) is 0. The van der Waals surface area contributed by atoms with Gasteiger partial charge in [-0.25, -0.2) is 4.98 Å². The summed E-state index contributed by atoms with van der Waals surface area (Å²) in [6.07, 6.45) is 1.43. The average Bonchev–Trinajstić information content (AvgIpc) is 3.02. The number of para-hydroxylation sites is 2. The van der Waals surface area contributed by atoms with Crippen LogP contribution in [0.4, 0.5) is 5.69 Å². The molecule has 3 aromatic rings. The van der Waals surface area contributed by atoms with Crippen LogP contribution in [0.3, 0.4) is 0 Å². The van der Waals surface area contributed by atoms with Gasteiger partial charge < -0.3 is 14.0 Å². The third kappa shape index (κ3) is 3.18. The Hall–Kier alpha value is -3.86. The van der Waals surface area contributed by atoms with Crippen LogP contribution in [0.1, 0.15) is 11.4 Å². The van der Waals surface area contributed by atoms with Gasteiger partial charge in [-0.2, -0.15) is 5.26 Å². The number of fused-ring (bicyclic) bond motifs is 1. The molecule has 0 fully saturated rings. The molecule has 1 aromatic heterocycles. The zero-order valence-electron chi connectivity index (χ0n) is 15.0. The zero-order chi connectivity index (χ0) is 19.6. The number of hydrogen-bond acceptors (Lipinski definition) is 6. The van der Waals surface area contributed by atoms with E-state index in [1.807, 2.05) is 24.3 Å². The number of allylic oxidation sites excluding steroid dienone is 1. The first-order chi connectivity index (χ1) is 13.0. The van der Waals surface area contributed by atoms with Crippen molar-refractivity contribution in [1.82, 2.24) is 9.55 Å². The van der Waals surface area contributed by atoms with Crippen molar-refractivity contribution in [1.29, 1.82) is 5.26 Å². The van der Waals surface area contributed by atoms with E-state index < -0.39 is 4.92 Å². The van der Waals surface area contributed by atoms with Crippen LogP contribution >= 0.6 is 0 Å². The van der Waals surface area contributed by atoms with Crippen LogP contribution in [0.5, 0.6) is 11.5 Å². The number of ether oxygens (including phenoxy) is 2. The Morgan fingerprint density at radius 2 is 1.93 bits per heavy atom. The molecule has 0 saturated carbocycles. The van der Waals surface area contributed by atoms with E-state index in [0.29, 0.717) is 11.6 Å². The predicted molar refractivity (Wildman–Crippen MR) is 100 cm³/mol. The monoisotopic (exact) mass is 364 g/mol. The fourth-order valence-electron chi connectivity index (χ4n) is 2.85. The minimum absolute atomic E-state index is 0.195. The molecule has 3 rings (SSSR count). The van der Waals surface area contributed by atoms with Crippen molar-refractivity contribution in [3.05, 3.63) is 57.9 Å². The Kier molecular flexibility index (Phi) is 4.77. The maximum Gasteiger partial charge on any atom is 0.280 e. The molecular weight excluding hydrogens is 348 g/mol. The first-order valence-electron chi connectivity index (χ1n) is 7.94. The van der Waals surface area contributed by atoms with Gasteiger partial charge in [0.05, 0.1) is 47.4 Å². The number of nitrogens with zero attached hydrogens (tertiary/aromatic N) is 4. The molecule has 0 atom stereocenters. The molecule has 8 nitrogen and oxygen atoms in total. The van der Waals surface area contributed by atoms with Crippen molar-refractivity contribution < 1.29 is 14.4 Å². The molecule has 0 spiro atoms. The number of nitro benzene ring substituents is 1. The number of benzene rings is 2. The minimum atomic E-state index is -0.530. The fraction of sp³-hybridized carbons (Fsp3) is 0.158. The van der Waals surface area contributed by atoms with Crippen LogP contribution in [0.25, 0.3) is 22.7 Å². The second-order valence-electron chi connectivity index (χ2n) is 5.68. The summed E-state index contributed by atoms with van der Waals surface area (Å²) in [6, 6.07) is 12.3. The largest absolute Gasteiger partial charge is 0.493 e. The highest BCUT2D eigenvalue weighted by atomic mass is 16.6. The first kappa shape index (κ1) is 17.9. The maximum atomic E-state index is 11.5. The van der Waals surface area contributed by atoms with E-state index in [0.717, 1.165) is 11.0 Å². The molecule has 0 unspecified atom stereocenters. The summed E-state index contributed by atoms with van der Waals surface area (Å²) >= 11 is 0. The lowest BCUT2D eigenvalue weighted by molar-refractivity contribution is -0.385. The van der Waals surface area contributed by atoms with Crippen LogP contribution in [-0.4, -0.2) is 28.7 Å². The lowest BCUT2D eigenvalue weighted by Gasteiger charge is -2.09. The molecule has 1 heterocycles. The SMILES string of the molecule is COc1cc(C=C(C#N)c2nc3ccccc3n2C)c([N+](=O)[O-])cc1OC. The lowest BCUT2D eigenvalue weighted by atomic mass is 10.1. The molecule has 0 amide bonds. The topological polar surface area (TPSA) is 103 Å². The number of nitro groups is 1. The van der Waals surface area contributed by atoms with Crippen molar-refractivity contribution in [2.75, 3.05) is 14.2 Å². The molecular formula is C19H16N4O4. The van der Waals surface area contributed by atoms with Gasteiger partial charge in [-0.05, 0) is 24.3 Å². The molecule has 8 heteroatoms. The summed E-state index contributed by atoms with van der Waals surface area (Å²) in [7, 11) is 4.63. The third-order valence-corrected chi connectivity index (χ3v) is 4.18. The van der Waals surface area contributed by atoms with Crippen molar-refractivity contribution in [2.45, 2.75) is 0 Å². The van der Waals surface area contributed by atoms with Crippen molar-refractivity contribution in [3.8, 4) is 17.6 Å². The summed E-state index contributed by atoms with van der Waals surface area (Å²) in [5.74, 6) is 0.988. The van der Waals surface area contributed by atoms with E-state index in [1.54, 1.807) is 11.6 Å². The summed E-state index contributed by atoms with van der Waals surface area (Å²) in [6.45, 7) is 0. The number of nitriles is 1. The second-order valence-corrected chi connectivity index (χ2v) is 5.68. The summed E-state index contributed by atoms with van der Waals surface area (Å²) in [5.41, 5.74) is 1.82. The van der Waals surface area contributed by atoms with Gasteiger partial charge in [-0.1, -0.05) is 12.1 Å². The number of aryl methyl sites for hydroxylation is 1. The molecule has 0 aliphatic heterocycles. The van der Waals surface area contributed by atoms with E-state index in [4.69, 9.17) is 9.47 Å². The number of rotatable bonds is 5. The minimum Gasteiger partial charge on any atom is -0.493 e. The predicted octanol–water partition coefficient (Wildman–Crippen LogP) is 3.56. The van der Waals surface area contributed by atoms with Gasteiger partial charge in [-0.3, -0.25) is 10.1 Å². The van der Waals surface area contributed by atoms with Crippen LogP contribution in [-0.2, 0) is 7.05 Å². The Labute approximate surface area is 155 Å². The van der Waals surface area contributed by atoms with Crippen LogP contribution in [0.15, 0.2) is 36.4 Å². The Morgan fingerprint density at radius 1 is 1.26 bits per heavy atom. The normalized spacial score (nSPS) is 11.3. The van der Waals surface area contributed by atoms with Gasteiger partial charge in [0.15, 0.2) is 17.3 Å². The molecule has 0 aliphatic carbocycles. The second kappa shape index (κ2) is 7.17. The van der Waals surface area contributed by atoms with Gasteiger partial charge in [0.25, 0.3) is 5.69 Å². The molecule has 0 radical (unpaired) electrons. The first-order valence-corrected chi connectivity index (χ1v) is 7.94. The highest BCUT2D eigenvalue weighted by Gasteiger charge is 2.20. The smallest absolute Gasteiger partial charge is 0.280 e. The standard InChI is InChI=1S/C19H16N4O4/c1-22-15-7-5-4-6-14(15)21-19(22)13(11-20)8-12-9-17(26-2)18(27-3)10-16(12)23(24)25/h4-10H,1-3H3. The van der Waals surface area contributed by atoms with Gasteiger partial charge in [0, 0.05) is 7.05 Å². The van der Waals surface area contributed by atoms with Crippen LogP contribution in [0.2, 0.25) is 0 Å².